The molecule has 3 aromatic rings. The van der Waals surface area contributed by atoms with Crippen LogP contribution in [0.3, 0.4) is 0 Å². The second kappa shape index (κ2) is 7.84. The summed E-state index contributed by atoms with van der Waals surface area (Å²) >= 11 is 1.77. The van der Waals surface area contributed by atoms with Crippen molar-refractivity contribution in [2.75, 3.05) is 11.5 Å². The first kappa shape index (κ1) is 16.3. The Labute approximate surface area is 146 Å². The van der Waals surface area contributed by atoms with Gasteiger partial charge in [0.2, 0.25) is 0 Å². The van der Waals surface area contributed by atoms with Crippen LogP contribution >= 0.6 is 11.8 Å². The molecule has 24 heavy (non-hydrogen) atoms. The summed E-state index contributed by atoms with van der Waals surface area (Å²) < 4.78 is 4.23. The van der Waals surface area contributed by atoms with E-state index < -0.39 is 0 Å². The summed E-state index contributed by atoms with van der Waals surface area (Å²) in [5.74, 6) is 0.996. The molecule has 3 rings (SSSR count). The fraction of sp³-hybridized carbons (Fsp3) is 0.158. The van der Waals surface area contributed by atoms with Crippen molar-refractivity contribution in [3.63, 3.8) is 0 Å². The fourth-order valence-corrected chi connectivity index (χ4v) is 3.15. The van der Waals surface area contributed by atoms with Crippen LogP contribution in [0.25, 0.3) is 12.2 Å². The second-order valence-electron chi connectivity index (χ2n) is 5.54. The number of aryl methyl sites for hydroxylation is 2. The van der Waals surface area contributed by atoms with E-state index >= 15 is 0 Å². The Hall–Kier alpha value is -2.53. The van der Waals surface area contributed by atoms with E-state index in [9.17, 15) is 0 Å². The first-order valence-corrected chi connectivity index (χ1v) is 8.82. The van der Waals surface area contributed by atoms with Gasteiger partial charge >= 0.3 is 0 Å². The van der Waals surface area contributed by atoms with Gasteiger partial charge in [-0.2, -0.15) is 0 Å². The van der Waals surface area contributed by atoms with E-state index in [1.807, 2.05) is 48.3 Å². The van der Waals surface area contributed by atoms with Crippen LogP contribution in [0.2, 0.25) is 0 Å². The second-order valence-corrected chi connectivity index (χ2v) is 6.60. The highest BCUT2D eigenvalue weighted by Gasteiger charge is 2.04. The predicted molar refractivity (Wildman–Crippen MR) is 100 cm³/mol. The summed E-state index contributed by atoms with van der Waals surface area (Å²) in [6, 6.07) is 12.1. The van der Waals surface area contributed by atoms with Crippen LogP contribution in [0.1, 0.15) is 11.1 Å². The SMILES string of the molecule is Cn1ccnc1SCC[n+]1ccc(/C=C/c2ccc(N)cc2)cc1. The Balaban J connectivity index is 1.53. The Morgan fingerprint density at radius 1 is 1.08 bits per heavy atom. The molecule has 0 spiro atoms. The molecule has 0 saturated carbocycles. The lowest BCUT2D eigenvalue weighted by atomic mass is 10.1. The van der Waals surface area contributed by atoms with Crippen molar-refractivity contribution >= 4 is 29.6 Å². The van der Waals surface area contributed by atoms with Gasteiger partial charge < -0.3 is 10.3 Å². The topological polar surface area (TPSA) is 47.7 Å². The molecule has 1 aromatic carbocycles. The van der Waals surface area contributed by atoms with E-state index in [0.29, 0.717) is 0 Å². The maximum Gasteiger partial charge on any atom is 0.169 e. The van der Waals surface area contributed by atoms with Crippen LogP contribution in [0, 0.1) is 0 Å². The van der Waals surface area contributed by atoms with Gasteiger partial charge in [0.1, 0.15) is 0 Å². The van der Waals surface area contributed by atoms with Crippen LogP contribution in [0.5, 0.6) is 0 Å². The highest BCUT2D eigenvalue weighted by molar-refractivity contribution is 7.99. The molecule has 0 radical (unpaired) electrons. The lowest BCUT2D eigenvalue weighted by Crippen LogP contribution is -2.33. The van der Waals surface area contributed by atoms with E-state index in [0.717, 1.165) is 28.7 Å². The highest BCUT2D eigenvalue weighted by atomic mass is 32.2. The predicted octanol–water partition coefficient (Wildman–Crippen LogP) is 3.25. The minimum atomic E-state index is 0.788. The number of imidazole rings is 1. The van der Waals surface area contributed by atoms with Crippen molar-refractivity contribution in [1.82, 2.24) is 9.55 Å². The van der Waals surface area contributed by atoms with Gasteiger partial charge in [0.15, 0.2) is 24.1 Å². The molecule has 0 saturated heterocycles. The van der Waals surface area contributed by atoms with Gasteiger partial charge in [-0.3, -0.25) is 0 Å². The van der Waals surface area contributed by atoms with Gasteiger partial charge in [-0.25, -0.2) is 9.55 Å². The Bertz CT molecular complexity index is 804. The zero-order valence-corrected chi connectivity index (χ0v) is 14.5. The van der Waals surface area contributed by atoms with Gasteiger partial charge in [0.25, 0.3) is 0 Å². The van der Waals surface area contributed by atoms with Crippen molar-refractivity contribution in [3.05, 3.63) is 72.3 Å². The molecule has 0 aliphatic rings. The Kier molecular flexibility index (Phi) is 5.33. The quantitative estimate of drug-likeness (QED) is 0.427. The third kappa shape index (κ3) is 4.49. The molecule has 0 atom stereocenters. The number of thioether (sulfide) groups is 1. The van der Waals surface area contributed by atoms with Crippen molar-refractivity contribution < 1.29 is 4.57 Å². The van der Waals surface area contributed by atoms with E-state index in [4.69, 9.17) is 5.73 Å². The molecule has 2 aromatic heterocycles. The molecule has 0 aliphatic heterocycles. The molecule has 122 valence electrons. The van der Waals surface area contributed by atoms with Crippen LogP contribution in [0.15, 0.2) is 66.3 Å². The van der Waals surface area contributed by atoms with Gasteiger partial charge in [0, 0.05) is 37.3 Å². The largest absolute Gasteiger partial charge is 0.399 e. The van der Waals surface area contributed by atoms with Gasteiger partial charge in [-0.05, 0) is 23.3 Å². The van der Waals surface area contributed by atoms with Crippen LogP contribution in [0.4, 0.5) is 5.69 Å². The third-order valence-electron chi connectivity index (χ3n) is 3.68. The summed E-state index contributed by atoms with van der Waals surface area (Å²) in [5, 5.41) is 1.05. The average molecular weight is 337 g/mol. The molecule has 0 amide bonds. The van der Waals surface area contributed by atoms with E-state index in [1.54, 1.807) is 11.8 Å². The normalized spacial score (nSPS) is 11.2. The summed E-state index contributed by atoms with van der Waals surface area (Å²) in [7, 11) is 2.02. The molecule has 2 heterocycles. The Morgan fingerprint density at radius 2 is 1.75 bits per heavy atom. The minimum Gasteiger partial charge on any atom is -0.399 e. The van der Waals surface area contributed by atoms with Crippen molar-refractivity contribution in [2.45, 2.75) is 11.7 Å². The van der Waals surface area contributed by atoms with Gasteiger partial charge in [-0.15, -0.1) is 0 Å². The first-order valence-electron chi connectivity index (χ1n) is 7.83. The van der Waals surface area contributed by atoms with Crippen LogP contribution in [-0.4, -0.2) is 15.3 Å². The van der Waals surface area contributed by atoms with Crippen molar-refractivity contribution in [2.24, 2.45) is 7.05 Å². The number of nitrogens with zero attached hydrogens (tertiary/aromatic N) is 3. The lowest BCUT2D eigenvalue weighted by molar-refractivity contribution is -0.692. The average Bonchev–Trinajstić information content (AvgIpc) is 3.01. The highest BCUT2D eigenvalue weighted by Crippen LogP contribution is 2.13. The number of benzene rings is 1. The number of anilines is 1. The summed E-state index contributed by atoms with van der Waals surface area (Å²) in [6.45, 7) is 0.958. The number of hydrogen-bond donors (Lipinski definition) is 1. The number of nitrogen functional groups attached to an aromatic ring is 1. The smallest absolute Gasteiger partial charge is 0.169 e. The summed E-state index contributed by atoms with van der Waals surface area (Å²) in [4.78, 5) is 4.32. The fourth-order valence-electron chi connectivity index (χ4n) is 2.26. The van der Waals surface area contributed by atoms with Crippen molar-refractivity contribution in [1.29, 1.82) is 0 Å². The molecule has 0 fully saturated rings. The van der Waals surface area contributed by atoms with E-state index in [2.05, 4.69) is 46.2 Å². The van der Waals surface area contributed by atoms with Crippen LogP contribution < -0.4 is 10.3 Å². The summed E-state index contributed by atoms with van der Waals surface area (Å²) in [6.07, 6.45) is 12.2. The molecule has 2 N–H and O–H groups in total. The number of rotatable bonds is 6. The van der Waals surface area contributed by atoms with E-state index in [-0.39, 0.29) is 0 Å². The monoisotopic (exact) mass is 337 g/mol. The number of nitrogens with two attached hydrogens (primary N) is 1. The zero-order chi connectivity index (χ0) is 16.8. The molecular weight excluding hydrogens is 316 g/mol. The maximum absolute atomic E-state index is 5.70. The lowest BCUT2D eigenvalue weighted by Gasteiger charge is -2.00. The van der Waals surface area contributed by atoms with Crippen molar-refractivity contribution in [3.8, 4) is 0 Å². The number of hydrogen-bond acceptors (Lipinski definition) is 3. The zero-order valence-electron chi connectivity index (χ0n) is 13.7. The number of aromatic nitrogens is 3. The first-order chi connectivity index (χ1) is 11.7. The standard InChI is InChI=1S/C19H20N4S/c1-22-13-10-21-19(22)24-15-14-23-11-8-17(9-12-23)3-2-16-4-6-18(20)7-5-16/h2-13,20H,14-15H2,1H3/p+1. The molecule has 4 nitrogen and oxygen atoms in total. The molecular formula is C19H21N4S+. The molecule has 0 aliphatic carbocycles. The summed E-state index contributed by atoms with van der Waals surface area (Å²) in [5.41, 5.74) is 8.81. The molecule has 0 unspecified atom stereocenters. The van der Waals surface area contributed by atoms with Crippen LogP contribution in [-0.2, 0) is 13.6 Å². The molecule has 0 bridgehead atoms. The number of pyridine rings is 1. The van der Waals surface area contributed by atoms with Gasteiger partial charge in [-0.1, -0.05) is 36.0 Å². The maximum atomic E-state index is 5.70. The van der Waals surface area contributed by atoms with E-state index in [1.165, 1.54) is 5.56 Å². The van der Waals surface area contributed by atoms with Gasteiger partial charge in [0.05, 0.1) is 5.75 Å². The minimum absolute atomic E-state index is 0.788. The molecule has 5 heteroatoms. The Morgan fingerprint density at radius 3 is 2.38 bits per heavy atom. The third-order valence-corrected chi connectivity index (χ3v) is 4.72.